The summed E-state index contributed by atoms with van der Waals surface area (Å²) in [6.45, 7) is 2.06. The third-order valence-electron chi connectivity index (χ3n) is 4.63. The topological polar surface area (TPSA) is 0 Å². The summed E-state index contributed by atoms with van der Waals surface area (Å²) in [5.74, 6) is -1.32. The van der Waals surface area contributed by atoms with Gasteiger partial charge in [-0.3, -0.25) is 0 Å². The normalized spacial score (nSPS) is 11.9. The predicted octanol–water partition coefficient (Wildman–Crippen LogP) is 7.54. The van der Waals surface area contributed by atoms with Crippen LogP contribution in [0.3, 0.4) is 0 Å². The molecule has 0 saturated heterocycles. The Morgan fingerprint density at radius 3 is 2.04 bits per heavy atom. The molecule has 0 unspecified atom stereocenters. The van der Waals surface area contributed by atoms with Crippen molar-refractivity contribution in [3.63, 3.8) is 0 Å². The van der Waals surface area contributed by atoms with Gasteiger partial charge >= 0.3 is 6.18 Å². The van der Waals surface area contributed by atoms with Crippen LogP contribution in [0.1, 0.15) is 37.3 Å². The lowest BCUT2D eigenvalue weighted by atomic mass is 9.97. The minimum absolute atomic E-state index is 0.156. The number of alkyl halides is 3. The van der Waals surface area contributed by atoms with E-state index in [9.17, 15) is 22.0 Å². The van der Waals surface area contributed by atoms with Gasteiger partial charge in [-0.05, 0) is 65.1 Å². The monoisotopic (exact) mass is 378 g/mol. The summed E-state index contributed by atoms with van der Waals surface area (Å²) in [6.07, 6.45) is -0.934. The maximum atomic E-state index is 14.5. The van der Waals surface area contributed by atoms with Gasteiger partial charge in [0.25, 0.3) is 0 Å². The van der Waals surface area contributed by atoms with Gasteiger partial charge in [0.1, 0.15) is 11.6 Å². The Balaban J connectivity index is 1.97. The molecule has 142 valence electrons. The fraction of sp³-hybridized carbons (Fsp3) is 0.273. The van der Waals surface area contributed by atoms with E-state index in [-0.39, 0.29) is 5.56 Å². The molecule has 0 amide bonds. The van der Waals surface area contributed by atoms with Gasteiger partial charge in [0.05, 0.1) is 11.1 Å². The molecule has 0 aliphatic rings. The first-order valence-corrected chi connectivity index (χ1v) is 8.89. The zero-order valence-electron chi connectivity index (χ0n) is 14.8. The molecule has 27 heavy (non-hydrogen) atoms. The van der Waals surface area contributed by atoms with Gasteiger partial charge in [0.15, 0.2) is 0 Å². The lowest BCUT2D eigenvalue weighted by molar-refractivity contribution is -0.137. The van der Waals surface area contributed by atoms with Crippen LogP contribution in [0.25, 0.3) is 21.9 Å². The zero-order valence-corrected chi connectivity index (χ0v) is 14.8. The maximum absolute atomic E-state index is 14.5. The van der Waals surface area contributed by atoms with E-state index in [0.29, 0.717) is 28.3 Å². The fourth-order valence-corrected chi connectivity index (χ4v) is 3.20. The lowest BCUT2D eigenvalue weighted by Gasteiger charge is -2.11. The first kappa shape index (κ1) is 19.3. The average molecular weight is 378 g/mol. The van der Waals surface area contributed by atoms with Crippen molar-refractivity contribution in [2.24, 2.45) is 0 Å². The molecule has 0 bridgehead atoms. The Morgan fingerprint density at radius 2 is 1.41 bits per heavy atom. The Morgan fingerprint density at radius 1 is 0.778 bits per heavy atom. The maximum Gasteiger partial charge on any atom is 0.416 e. The van der Waals surface area contributed by atoms with Gasteiger partial charge in [-0.2, -0.15) is 13.2 Å². The Hall–Kier alpha value is -2.43. The van der Waals surface area contributed by atoms with Crippen molar-refractivity contribution in [1.29, 1.82) is 0 Å². The van der Waals surface area contributed by atoms with Crippen molar-refractivity contribution in [3.8, 4) is 11.1 Å². The van der Waals surface area contributed by atoms with Crippen LogP contribution in [0.2, 0.25) is 0 Å². The summed E-state index contributed by atoms with van der Waals surface area (Å²) >= 11 is 0. The Bertz CT molecular complexity index is 934. The smallest absolute Gasteiger partial charge is 0.206 e. The number of aryl methyl sites for hydroxylation is 1. The minimum Gasteiger partial charge on any atom is -0.206 e. The van der Waals surface area contributed by atoms with Gasteiger partial charge in [-0.25, -0.2) is 8.78 Å². The lowest BCUT2D eigenvalue weighted by Crippen LogP contribution is -2.04. The number of hydrogen-bond donors (Lipinski definition) is 0. The molecule has 3 aromatic carbocycles. The first-order chi connectivity index (χ1) is 12.8. The van der Waals surface area contributed by atoms with Gasteiger partial charge < -0.3 is 0 Å². The first-order valence-electron chi connectivity index (χ1n) is 8.89. The van der Waals surface area contributed by atoms with Crippen molar-refractivity contribution in [1.82, 2.24) is 0 Å². The molecule has 0 N–H and O–H groups in total. The molecular weight excluding hydrogens is 359 g/mol. The SMILES string of the molecule is CCCCCc1cc(F)c(-c2ccc3cc(C(F)(F)F)ccc3c2)c(F)c1. The fourth-order valence-electron chi connectivity index (χ4n) is 3.20. The van der Waals surface area contributed by atoms with Crippen molar-refractivity contribution >= 4 is 10.8 Å². The van der Waals surface area contributed by atoms with Gasteiger partial charge in [0.2, 0.25) is 0 Å². The molecule has 3 aromatic rings. The highest BCUT2D eigenvalue weighted by molar-refractivity contribution is 5.88. The van der Waals surface area contributed by atoms with E-state index in [1.54, 1.807) is 0 Å². The van der Waals surface area contributed by atoms with Crippen LogP contribution in [0.5, 0.6) is 0 Å². The largest absolute Gasteiger partial charge is 0.416 e. The molecule has 0 nitrogen and oxygen atoms in total. The molecule has 3 rings (SSSR count). The van der Waals surface area contributed by atoms with Crippen LogP contribution in [0, 0.1) is 11.6 Å². The van der Waals surface area contributed by atoms with E-state index in [0.717, 1.165) is 31.4 Å². The number of benzene rings is 3. The summed E-state index contributed by atoms with van der Waals surface area (Å²) in [7, 11) is 0. The molecule has 0 saturated carbocycles. The molecule has 0 fully saturated rings. The van der Waals surface area contributed by atoms with E-state index in [4.69, 9.17) is 0 Å². The van der Waals surface area contributed by atoms with Crippen LogP contribution >= 0.6 is 0 Å². The Kier molecular flexibility index (Phi) is 5.49. The van der Waals surface area contributed by atoms with Crippen molar-refractivity contribution in [3.05, 3.63) is 71.3 Å². The molecule has 0 atom stereocenters. The summed E-state index contributed by atoms with van der Waals surface area (Å²) in [6, 6.07) is 10.4. The second-order valence-electron chi connectivity index (χ2n) is 6.67. The Labute approximate surface area is 154 Å². The number of hydrogen-bond acceptors (Lipinski definition) is 0. The number of fused-ring (bicyclic) bond motifs is 1. The van der Waals surface area contributed by atoms with E-state index in [2.05, 4.69) is 6.92 Å². The second-order valence-corrected chi connectivity index (χ2v) is 6.67. The van der Waals surface area contributed by atoms with Gasteiger partial charge in [-0.15, -0.1) is 0 Å². The zero-order chi connectivity index (χ0) is 19.6. The van der Waals surface area contributed by atoms with E-state index in [1.165, 1.54) is 36.4 Å². The molecule has 0 aromatic heterocycles. The molecule has 0 spiro atoms. The molecular formula is C22H19F5. The summed E-state index contributed by atoms with van der Waals surface area (Å²) in [5, 5.41) is 0.858. The van der Waals surface area contributed by atoms with E-state index >= 15 is 0 Å². The van der Waals surface area contributed by atoms with Crippen LogP contribution in [-0.4, -0.2) is 0 Å². The number of halogens is 5. The van der Waals surface area contributed by atoms with Crippen molar-refractivity contribution in [2.45, 2.75) is 38.8 Å². The third-order valence-corrected chi connectivity index (χ3v) is 4.63. The number of rotatable bonds is 5. The van der Waals surface area contributed by atoms with Gasteiger partial charge in [-0.1, -0.05) is 38.0 Å². The molecule has 0 aliphatic heterocycles. The molecule has 0 radical (unpaired) electrons. The van der Waals surface area contributed by atoms with Crippen LogP contribution in [-0.2, 0) is 12.6 Å². The second kappa shape index (κ2) is 7.67. The summed E-state index contributed by atoms with van der Waals surface area (Å²) in [5.41, 5.74) is 0.00255. The standard InChI is InChI=1S/C22H19F5/c1-2-3-4-5-14-10-19(23)21(20(24)11-14)17-7-6-16-13-18(22(25,26)27)9-8-15(16)12-17/h6-13H,2-5H2,1H3. The number of unbranched alkanes of at least 4 members (excludes halogenated alkanes) is 2. The molecule has 5 heteroatoms. The van der Waals surface area contributed by atoms with Crippen LogP contribution in [0.15, 0.2) is 48.5 Å². The minimum atomic E-state index is -4.43. The van der Waals surface area contributed by atoms with E-state index in [1.807, 2.05) is 0 Å². The van der Waals surface area contributed by atoms with Crippen molar-refractivity contribution < 1.29 is 22.0 Å². The third kappa shape index (κ3) is 4.29. The van der Waals surface area contributed by atoms with Crippen LogP contribution < -0.4 is 0 Å². The highest BCUT2D eigenvalue weighted by Gasteiger charge is 2.30. The molecule has 0 aliphatic carbocycles. The van der Waals surface area contributed by atoms with Crippen molar-refractivity contribution in [2.75, 3.05) is 0 Å². The highest BCUT2D eigenvalue weighted by Crippen LogP contribution is 2.34. The highest BCUT2D eigenvalue weighted by atomic mass is 19.4. The molecule has 0 heterocycles. The average Bonchev–Trinajstić information content (AvgIpc) is 2.60. The summed E-state index contributed by atoms with van der Waals surface area (Å²) < 4.78 is 67.5. The van der Waals surface area contributed by atoms with E-state index < -0.39 is 23.4 Å². The quantitative estimate of drug-likeness (QED) is 0.318. The predicted molar refractivity (Wildman–Crippen MR) is 97.5 cm³/mol. The van der Waals surface area contributed by atoms with Crippen LogP contribution in [0.4, 0.5) is 22.0 Å². The van der Waals surface area contributed by atoms with Gasteiger partial charge in [0, 0.05) is 0 Å². The summed E-state index contributed by atoms with van der Waals surface area (Å²) in [4.78, 5) is 0.